The highest BCUT2D eigenvalue weighted by Crippen LogP contribution is 2.24. The van der Waals surface area contributed by atoms with Gasteiger partial charge in [-0.15, -0.1) is 24.8 Å². The molecule has 4 N–H and O–H groups in total. The summed E-state index contributed by atoms with van der Waals surface area (Å²) in [4.78, 5) is 29.9. The van der Waals surface area contributed by atoms with Gasteiger partial charge in [-0.25, -0.2) is 8.42 Å². The number of piperidine rings is 1. The van der Waals surface area contributed by atoms with E-state index in [4.69, 9.17) is 4.74 Å². The van der Waals surface area contributed by atoms with Gasteiger partial charge in [0.1, 0.15) is 5.75 Å². The molecule has 2 amide bonds. The molecular formula is C42H55Cl2N5O6S. The highest BCUT2D eigenvalue weighted by molar-refractivity contribution is 7.92. The quantitative estimate of drug-likeness (QED) is 0.108. The Kier molecular flexibility index (Phi) is 18.1. The van der Waals surface area contributed by atoms with E-state index in [0.717, 1.165) is 66.5 Å². The lowest BCUT2D eigenvalue weighted by Crippen LogP contribution is -2.49. The van der Waals surface area contributed by atoms with Crippen LogP contribution >= 0.6 is 24.8 Å². The Labute approximate surface area is 344 Å². The molecule has 1 fully saturated rings. The second-order valence-corrected chi connectivity index (χ2v) is 16.1. The fraction of sp³-hybridized carbons (Fsp3) is 0.381. The number of hydrogen-bond acceptors (Lipinski definition) is 8. The number of carbonyl (C=O) groups excluding carboxylic acids is 2. The topological polar surface area (TPSA) is 140 Å². The number of likely N-dealkylation sites (tertiary alicyclic amines) is 1. The maximum atomic E-state index is 14.0. The zero-order valence-corrected chi connectivity index (χ0v) is 34.8. The highest BCUT2D eigenvalue weighted by atomic mass is 35.5. The number of carbonyl (C=O) groups is 2. The maximum Gasteiger partial charge on any atom is 0.251 e. The first kappa shape index (κ1) is 46.2. The third-order valence-electron chi connectivity index (χ3n) is 10.1. The minimum atomic E-state index is -3.71. The van der Waals surface area contributed by atoms with Crippen molar-refractivity contribution in [1.82, 2.24) is 20.9 Å². The lowest BCUT2D eigenvalue weighted by molar-refractivity contribution is 0.0824. The number of rotatable bonds is 17. The van der Waals surface area contributed by atoms with Crippen LogP contribution in [0.5, 0.6) is 5.75 Å². The van der Waals surface area contributed by atoms with Gasteiger partial charge in [0, 0.05) is 36.8 Å². The fourth-order valence-corrected chi connectivity index (χ4v) is 7.24. The molecule has 0 unspecified atom stereocenters. The van der Waals surface area contributed by atoms with Crippen LogP contribution in [0.25, 0.3) is 0 Å². The third kappa shape index (κ3) is 13.2. The summed E-state index contributed by atoms with van der Waals surface area (Å²) < 4.78 is 31.6. The molecule has 4 aromatic carbocycles. The molecular weight excluding hydrogens is 773 g/mol. The number of hydrogen-bond donors (Lipinski definition) is 4. The van der Waals surface area contributed by atoms with E-state index in [2.05, 4.69) is 26.9 Å². The van der Waals surface area contributed by atoms with Crippen molar-refractivity contribution < 1.29 is 27.9 Å². The predicted molar refractivity (Wildman–Crippen MR) is 228 cm³/mol. The number of methoxy groups -OCH3 is 1. The van der Waals surface area contributed by atoms with Crippen molar-refractivity contribution in [2.24, 2.45) is 5.92 Å². The van der Waals surface area contributed by atoms with Gasteiger partial charge in [-0.05, 0) is 87.1 Å². The average Bonchev–Trinajstić information content (AvgIpc) is 3.18. The number of nitrogens with one attached hydrogen (secondary N) is 3. The first-order valence-corrected chi connectivity index (χ1v) is 20.3. The molecule has 1 aliphatic heterocycles. The van der Waals surface area contributed by atoms with Gasteiger partial charge in [0.25, 0.3) is 11.8 Å². The lowest BCUT2D eigenvalue weighted by atomic mass is 9.96. The Hall–Kier alpha value is -4.17. The van der Waals surface area contributed by atoms with Crippen molar-refractivity contribution in [1.29, 1.82) is 0 Å². The zero-order valence-electron chi connectivity index (χ0n) is 32.4. The van der Waals surface area contributed by atoms with E-state index in [1.165, 1.54) is 30.8 Å². The van der Waals surface area contributed by atoms with Crippen molar-refractivity contribution in [3.05, 3.63) is 131 Å². The Bertz CT molecular complexity index is 1950. The summed E-state index contributed by atoms with van der Waals surface area (Å²) in [6.45, 7) is 5.64. The van der Waals surface area contributed by atoms with E-state index in [-0.39, 0.29) is 54.2 Å². The first-order valence-electron chi connectivity index (χ1n) is 18.4. The second-order valence-electron chi connectivity index (χ2n) is 14.1. The summed E-state index contributed by atoms with van der Waals surface area (Å²) in [6, 6.07) is 30.5. The van der Waals surface area contributed by atoms with Gasteiger partial charge in [-0.2, -0.15) is 0 Å². The molecule has 56 heavy (non-hydrogen) atoms. The minimum Gasteiger partial charge on any atom is -0.496 e. The standard InChI is InChI=1S/C42H53N5O6S.2ClH/c1-30(33-15-9-6-10-16-33)44-41(49)35-24-36(26-37(25-35)46(2)54(4,51)52)42(50)45-38(23-31-13-7-5-8-14-31)39(48)28-43-27-32-19-21-47(22-20-32)29-34-17-11-12-18-40(34)53-3;;/h5-18,24-26,30,32,38-39,43,48H,19-23,27-29H2,1-4H3,(H,44,49)(H,45,50);2*1H/t30-,38+,39-;;/m1../s1. The van der Waals surface area contributed by atoms with Crippen molar-refractivity contribution in [3.63, 3.8) is 0 Å². The molecule has 1 saturated heterocycles. The molecule has 11 nitrogen and oxygen atoms in total. The van der Waals surface area contributed by atoms with Crippen LogP contribution in [0.3, 0.4) is 0 Å². The lowest BCUT2D eigenvalue weighted by Gasteiger charge is -2.33. The number of nitrogens with zero attached hydrogens (tertiary/aromatic N) is 2. The van der Waals surface area contributed by atoms with Gasteiger partial charge in [0.05, 0.1) is 37.2 Å². The summed E-state index contributed by atoms with van der Waals surface area (Å²) in [7, 11) is -0.638. The SMILES string of the molecule is COc1ccccc1CN1CCC(CNC[C@@H](O)[C@H](Cc2ccccc2)NC(=O)c2cc(C(=O)N[C@H](C)c3ccccc3)cc(N(C)S(C)(=O)=O)c2)CC1.Cl.Cl. The molecule has 4 aromatic rings. The molecule has 304 valence electrons. The van der Waals surface area contributed by atoms with Crippen molar-refractivity contribution in [3.8, 4) is 5.75 Å². The van der Waals surface area contributed by atoms with Crippen LogP contribution in [0.1, 0.15) is 63.2 Å². The number of benzene rings is 4. The van der Waals surface area contributed by atoms with E-state index in [9.17, 15) is 23.1 Å². The molecule has 3 atom stereocenters. The summed E-state index contributed by atoms with van der Waals surface area (Å²) in [5, 5.41) is 20.9. The molecule has 0 spiro atoms. The van der Waals surface area contributed by atoms with Crippen LogP contribution in [0.15, 0.2) is 103 Å². The summed E-state index contributed by atoms with van der Waals surface area (Å²) in [6.07, 6.45) is 2.54. The van der Waals surface area contributed by atoms with E-state index >= 15 is 0 Å². The Balaban J connectivity index is 0.00000420. The molecule has 0 bridgehead atoms. The molecule has 0 saturated carbocycles. The van der Waals surface area contributed by atoms with Crippen LogP contribution in [-0.4, -0.2) is 89.0 Å². The predicted octanol–water partition coefficient (Wildman–Crippen LogP) is 5.63. The molecule has 0 radical (unpaired) electrons. The maximum absolute atomic E-state index is 14.0. The minimum absolute atomic E-state index is 0. The van der Waals surface area contributed by atoms with E-state index in [1.54, 1.807) is 7.11 Å². The summed E-state index contributed by atoms with van der Waals surface area (Å²) in [5.41, 5.74) is 3.40. The van der Waals surface area contributed by atoms with Crippen molar-refractivity contribution in [2.45, 2.75) is 50.9 Å². The Morgan fingerprint density at radius 1 is 0.875 bits per heavy atom. The highest BCUT2D eigenvalue weighted by Gasteiger charge is 2.26. The fourth-order valence-electron chi connectivity index (χ4n) is 6.76. The number of halogens is 2. The Morgan fingerprint density at radius 3 is 2.05 bits per heavy atom. The van der Waals surface area contributed by atoms with Gasteiger partial charge < -0.3 is 25.8 Å². The summed E-state index contributed by atoms with van der Waals surface area (Å²) in [5.74, 6) is 0.365. The van der Waals surface area contributed by atoms with Crippen molar-refractivity contribution >= 4 is 52.3 Å². The first-order chi connectivity index (χ1) is 25.9. The van der Waals surface area contributed by atoms with Gasteiger partial charge in [0.15, 0.2) is 0 Å². The van der Waals surface area contributed by atoms with Gasteiger partial charge in [-0.1, -0.05) is 78.9 Å². The van der Waals surface area contributed by atoms with E-state index in [0.29, 0.717) is 12.3 Å². The number of ether oxygens (including phenoxy) is 1. The number of para-hydroxylation sites is 1. The summed E-state index contributed by atoms with van der Waals surface area (Å²) >= 11 is 0. The van der Waals surface area contributed by atoms with Crippen LogP contribution in [0.2, 0.25) is 0 Å². The molecule has 1 heterocycles. The largest absolute Gasteiger partial charge is 0.496 e. The Morgan fingerprint density at radius 2 is 1.45 bits per heavy atom. The molecule has 0 aliphatic carbocycles. The number of aliphatic hydroxyl groups is 1. The molecule has 5 rings (SSSR count). The number of aliphatic hydroxyl groups excluding tert-OH is 1. The molecule has 1 aliphatic rings. The van der Waals surface area contributed by atoms with Crippen LogP contribution in [-0.2, 0) is 23.0 Å². The van der Waals surface area contributed by atoms with Gasteiger partial charge >= 0.3 is 0 Å². The van der Waals surface area contributed by atoms with Gasteiger partial charge in [0.2, 0.25) is 10.0 Å². The molecule has 14 heteroatoms. The number of sulfonamides is 1. The number of anilines is 1. The zero-order chi connectivity index (χ0) is 38.7. The molecule has 0 aromatic heterocycles. The second kappa shape index (κ2) is 21.9. The van der Waals surface area contributed by atoms with Crippen LogP contribution < -0.4 is 25.0 Å². The normalized spacial score (nSPS) is 14.9. The van der Waals surface area contributed by atoms with Gasteiger partial charge in [-0.3, -0.25) is 18.8 Å². The number of amides is 2. The van der Waals surface area contributed by atoms with Crippen molar-refractivity contribution in [2.75, 3.05) is 50.9 Å². The van der Waals surface area contributed by atoms with E-state index in [1.807, 2.05) is 85.8 Å². The van der Waals surface area contributed by atoms with Crippen LogP contribution in [0, 0.1) is 5.92 Å². The average molecular weight is 829 g/mol. The monoisotopic (exact) mass is 827 g/mol. The third-order valence-corrected chi connectivity index (χ3v) is 11.3. The smallest absolute Gasteiger partial charge is 0.251 e. The van der Waals surface area contributed by atoms with E-state index < -0.39 is 34.0 Å². The van der Waals surface area contributed by atoms with Crippen LogP contribution in [0.4, 0.5) is 5.69 Å².